The molecule has 0 aromatic heterocycles. The van der Waals surface area contributed by atoms with Crippen molar-refractivity contribution in [2.24, 2.45) is 0 Å². The first-order chi connectivity index (χ1) is 8.81. The summed E-state index contributed by atoms with van der Waals surface area (Å²) < 4.78 is 0. The molecule has 2 aromatic rings. The second-order valence-corrected chi connectivity index (χ2v) is 4.38. The molecule has 96 valence electrons. The van der Waals surface area contributed by atoms with Crippen LogP contribution in [0.3, 0.4) is 0 Å². The fraction of sp³-hybridized carbons (Fsp3) is 0.375. The Hall–Kier alpha value is -1.70. The van der Waals surface area contributed by atoms with Gasteiger partial charge in [-0.3, -0.25) is 0 Å². The van der Waals surface area contributed by atoms with Crippen molar-refractivity contribution >= 4 is 22.1 Å². The minimum atomic E-state index is 0.950. The second-order valence-electron chi connectivity index (χ2n) is 4.38. The summed E-state index contributed by atoms with van der Waals surface area (Å²) >= 11 is 0. The molecule has 0 saturated heterocycles. The lowest BCUT2D eigenvalue weighted by Gasteiger charge is -2.24. The highest BCUT2D eigenvalue weighted by Gasteiger charge is 2.09. The highest BCUT2D eigenvalue weighted by molar-refractivity contribution is 6.03. The Labute approximate surface area is 110 Å². The van der Waals surface area contributed by atoms with E-state index in [1.54, 1.807) is 0 Å². The lowest BCUT2D eigenvalue weighted by Crippen LogP contribution is -2.22. The van der Waals surface area contributed by atoms with Crippen LogP contribution in [0.4, 0.5) is 11.4 Å². The number of hydrogen-bond acceptors (Lipinski definition) is 2. The molecule has 0 spiro atoms. The predicted octanol–water partition coefficient (Wildman–Crippen LogP) is 4.12. The topological polar surface area (TPSA) is 15.3 Å². The van der Waals surface area contributed by atoms with Crippen molar-refractivity contribution in [2.75, 3.05) is 29.9 Å². The van der Waals surface area contributed by atoms with Gasteiger partial charge in [0.2, 0.25) is 0 Å². The van der Waals surface area contributed by atoms with Gasteiger partial charge in [0.05, 0.1) is 0 Å². The Morgan fingerprint density at radius 2 is 1.61 bits per heavy atom. The van der Waals surface area contributed by atoms with Gasteiger partial charge in [0.25, 0.3) is 0 Å². The Morgan fingerprint density at radius 3 is 2.22 bits per heavy atom. The average Bonchev–Trinajstić information content (AvgIpc) is 2.41. The van der Waals surface area contributed by atoms with Crippen molar-refractivity contribution in [3.8, 4) is 0 Å². The van der Waals surface area contributed by atoms with Crippen molar-refractivity contribution in [1.82, 2.24) is 0 Å². The van der Waals surface area contributed by atoms with Crippen molar-refractivity contribution in [3.05, 3.63) is 36.4 Å². The van der Waals surface area contributed by atoms with Crippen LogP contribution in [0.5, 0.6) is 0 Å². The quantitative estimate of drug-likeness (QED) is 0.848. The number of nitrogens with one attached hydrogen (secondary N) is 1. The molecule has 0 aliphatic rings. The van der Waals surface area contributed by atoms with Crippen LogP contribution in [0.1, 0.15) is 20.8 Å². The molecule has 0 saturated carbocycles. The van der Waals surface area contributed by atoms with Crippen LogP contribution in [0.25, 0.3) is 10.8 Å². The van der Waals surface area contributed by atoms with Crippen molar-refractivity contribution in [1.29, 1.82) is 0 Å². The number of anilines is 2. The summed E-state index contributed by atoms with van der Waals surface area (Å²) in [6.45, 7) is 9.58. The second kappa shape index (κ2) is 5.76. The molecule has 2 nitrogen and oxygen atoms in total. The minimum absolute atomic E-state index is 0.950. The maximum absolute atomic E-state index is 3.47. The molecule has 0 radical (unpaired) electrons. The summed E-state index contributed by atoms with van der Waals surface area (Å²) in [5.74, 6) is 0. The first-order valence-electron chi connectivity index (χ1n) is 6.82. The molecule has 2 aromatic carbocycles. The van der Waals surface area contributed by atoms with Gasteiger partial charge in [-0.25, -0.2) is 0 Å². The van der Waals surface area contributed by atoms with E-state index in [0.29, 0.717) is 0 Å². The fourth-order valence-corrected chi connectivity index (χ4v) is 2.49. The van der Waals surface area contributed by atoms with Gasteiger partial charge >= 0.3 is 0 Å². The third-order valence-electron chi connectivity index (χ3n) is 3.35. The number of benzene rings is 2. The molecule has 0 atom stereocenters. The standard InChI is InChI=1S/C16H22N2/c1-4-17-14-11-7-9-13-10-8-12-15(16(13)14)18(5-2)6-3/h7-12,17H,4-6H2,1-3H3. The van der Waals surface area contributed by atoms with Gasteiger partial charge in [-0.05, 0) is 38.3 Å². The van der Waals surface area contributed by atoms with E-state index in [0.717, 1.165) is 19.6 Å². The van der Waals surface area contributed by atoms with Gasteiger partial charge in [0, 0.05) is 36.4 Å². The monoisotopic (exact) mass is 242 g/mol. The van der Waals surface area contributed by atoms with Crippen LogP contribution >= 0.6 is 0 Å². The summed E-state index contributed by atoms with van der Waals surface area (Å²) in [5, 5.41) is 6.11. The Balaban J connectivity index is 2.64. The van der Waals surface area contributed by atoms with Crippen LogP contribution < -0.4 is 10.2 Å². The summed E-state index contributed by atoms with van der Waals surface area (Å²) in [5.41, 5.74) is 2.56. The van der Waals surface area contributed by atoms with Gasteiger partial charge in [-0.15, -0.1) is 0 Å². The van der Waals surface area contributed by atoms with E-state index >= 15 is 0 Å². The van der Waals surface area contributed by atoms with E-state index in [1.807, 2.05) is 0 Å². The molecule has 1 N–H and O–H groups in total. The molecule has 0 unspecified atom stereocenters. The molecule has 2 rings (SSSR count). The van der Waals surface area contributed by atoms with E-state index in [-0.39, 0.29) is 0 Å². The highest BCUT2D eigenvalue weighted by atomic mass is 15.1. The Kier molecular flexibility index (Phi) is 4.08. The number of hydrogen-bond donors (Lipinski definition) is 1. The normalized spacial score (nSPS) is 10.6. The molecule has 0 aliphatic heterocycles. The molecule has 0 fully saturated rings. The lowest BCUT2D eigenvalue weighted by molar-refractivity contribution is 0.870. The average molecular weight is 242 g/mol. The Morgan fingerprint density at radius 1 is 0.944 bits per heavy atom. The zero-order chi connectivity index (χ0) is 13.0. The maximum atomic E-state index is 3.47. The van der Waals surface area contributed by atoms with Gasteiger partial charge in [0.15, 0.2) is 0 Å². The van der Waals surface area contributed by atoms with Gasteiger partial charge in [0.1, 0.15) is 0 Å². The first-order valence-corrected chi connectivity index (χ1v) is 6.82. The smallest absolute Gasteiger partial charge is 0.0466 e. The molecule has 2 heteroatoms. The molecular weight excluding hydrogens is 220 g/mol. The van der Waals surface area contributed by atoms with Gasteiger partial charge in [-0.1, -0.05) is 24.3 Å². The third kappa shape index (κ3) is 2.28. The van der Waals surface area contributed by atoms with Crippen LogP contribution in [-0.4, -0.2) is 19.6 Å². The summed E-state index contributed by atoms with van der Waals surface area (Å²) in [6, 6.07) is 13.0. The lowest BCUT2D eigenvalue weighted by atomic mass is 10.1. The first kappa shape index (κ1) is 12.7. The van der Waals surface area contributed by atoms with E-state index in [2.05, 4.69) is 67.4 Å². The molecular formula is C16H22N2. The predicted molar refractivity (Wildman–Crippen MR) is 81.7 cm³/mol. The summed E-state index contributed by atoms with van der Waals surface area (Å²) in [6.07, 6.45) is 0. The zero-order valence-electron chi connectivity index (χ0n) is 11.5. The third-order valence-corrected chi connectivity index (χ3v) is 3.35. The summed E-state index contributed by atoms with van der Waals surface area (Å²) in [4.78, 5) is 2.41. The van der Waals surface area contributed by atoms with Crippen molar-refractivity contribution in [2.45, 2.75) is 20.8 Å². The van der Waals surface area contributed by atoms with Crippen LogP contribution in [0.2, 0.25) is 0 Å². The summed E-state index contributed by atoms with van der Waals surface area (Å²) in [7, 11) is 0. The van der Waals surface area contributed by atoms with Crippen LogP contribution in [0, 0.1) is 0 Å². The maximum Gasteiger partial charge on any atom is 0.0466 e. The minimum Gasteiger partial charge on any atom is -0.385 e. The SMILES string of the molecule is CCNc1cccc2cccc(N(CC)CC)c12. The molecule has 18 heavy (non-hydrogen) atoms. The molecule has 0 amide bonds. The van der Waals surface area contributed by atoms with Crippen molar-refractivity contribution in [3.63, 3.8) is 0 Å². The highest BCUT2D eigenvalue weighted by Crippen LogP contribution is 2.32. The molecule has 0 bridgehead atoms. The van der Waals surface area contributed by atoms with E-state index in [9.17, 15) is 0 Å². The van der Waals surface area contributed by atoms with Crippen LogP contribution in [0.15, 0.2) is 36.4 Å². The van der Waals surface area contributed by atoms with Gasteiger partial charge in [-0.2, -0.15) is 0 Å². The van der Waals surface area contributed by atoms with E-state index < -0.39 is 0 Å². The number of nitrogens with zero attached hydrogens (tertiary/aromatic N) is 1. The molecule has 0 heterocycles. The molecule has 0 aliphatic carbocycles. The zero-order valence-corrected chi connectivity index (χ0v) is 11.5. The van der Waals surface area contributed by atoms with E-state index in [4.69, 9.17) is 0 Å². The van der Waals surface area contributed by atoms with E-state index in [1.165, 1.54) is 22.1 Å². The number of rotatable bonds is 5. The van der Waals surface area contributed by atoms with Crippen molar-refractivity contribution < 1.29 is 0 Å². The Bertz CT molecular complexity index is 510. The number of fused-ring (bicyclic) bond motifs is 1. The fourth-order valence-electron chi connectivity index (χ4n) is 2.49. The van der Waals surface area contributed by atoms with Gasteiger partial charge < -0.3 is 10.2 Å². The van der Waals surface area contributed by atoms with Crippen LogP contribution in [-0.2, 0) is 0 Å². The largest absolute Gasteiger partial charge is 0.385 e.